The minimum Gasteiger partial charge on any atom is -0.491 e. The standard InChI is InChI=1S/C20H21FN8O2/c1-11-9-29-10-13(18(31-2)15(21)19(29)25-11)26-20(30)17-16-12(7-24-27-16)14(8-23-17)28-5-3-22-4-6-28/h7-10,22H,3-6H2,1-2H3,(H,24,27)(H,26,30). The number of imidazole rings is 1. The van der Waals surface area contributed by atoms with E-state index in [2.05, 4.69) is 35.7 Å². The predicted molar refractivity (Wildman–Crippen MR) is 113 cm³/mol. The summed E-state index contributed by atoms with van der Waals surface area (Å²) in [5.41, 5.74) is 2.55. The number of halogens is 1. The van der Waals surface area contributed by atoms with Crippen LogP contribution < -0.4 is 20.3 Å². The van der Waals surface area contributed by atoms with Gasteiger partial charge in [0, 0.05) is 44.0 Å². The molecule has 5 rings (SSSR count). The van der Waals surface area contributed by atoms with E-state index in [0.717, 1.165) is 37.3 Å². The van der Waals surface area contributed by atoms with Crippen molar-refractivity contribution < 1.29 is 13.9 Å². The van der Waals surface area contributed by atoms with Crippen molar-refractivity contribution >= 4 is 33.8 Å². The molecule has 5 heterocycles. The van der Waals surface area contributed by atoms with E-state index >= 15 is 0 Å². The number of rotatable bonds is 4. The number of piperazine rings is 1. The van der Waals surface area contributed by atoms with Gasteiger partial charge in [-0.3, -0.25) is 9.89 Å². The first-order valence-electron chi connectivity index (χ1n) is 9.87. The second-order valence-corrected chi connectivity index (χ2v) is 7.35. The Hall–Kier alpha value is -3.73. The first kappa shape index (κ1) is 19.2. The third-order valence-electron chi connectivity index (χ3n) is 5.35. The van der Waals surface area contributed by atoms with Crippen molar-refractivity contribution in [2.24, 2.45) is 0 Å². The molecule has 0 bridgehead atoms. The van der Waals surface area contributed by atoms with E-state index in [1.165, 1.54) is 11.5 Å². The molecule has 0 radical (unpaired) electrons. The van der Waals surface area contributed by atoms with E-state index in [1.54, 1.807) is 31.7 Å². The molecular formula is C20H21FN8O2. The molecular weight excluding hydrogens is 403 g/mol. The van der Waals surface area contributed by atoms with Crippen molar-refractivity contribution in [2.75, 3.05) is 43.5 Å². The van der Waals surface area contributed by atoms with E-state index in [9.17, 15) is 9.18 Å². The van der Waals surface area contributed by atoms with E-state index in [1.807, 2.05) is 0 Å². The van der Waals surface area contributed by atoms with Crippen LogP contribution in [0.5, 0.6) is 5.75 Å². The summed E-state index contributed by atoms with van der Waals surface area (Å²) in [5, 5.41) is 13.8. The molecule has 4 aromatic heterocycles. The Bertz CT molecular complexity index is 1290. The Labute approximate surface area is 176 Å². The summed E-state index contributed by atoms with van der Waals surface area (Å²) in [5.74, 6) is -1.25. The lowest BCUT2D eigenvalue weighted by Gasteiger charge is -2.29. The Morgan fingerprint density at radius 2 is 2.06 bits per heavy atom. The fourth-order valence-corrected chi connectivity index (χ4v) is 3.92. The lowest BCUT2D eigenvalue weighted by atomic mass is 10.2. The maximum atomic E-state index is 14.9. The molecule has 31 heavy (non-hydrogen) atoms. The molecule has 11 heteroatoms. The highest BCUT2D eigenvalue weighted by Crippen LogP contribution is 2.32. The van der Waals surface area contributed by atoms with Gasteiger partial charge in [-0.1, -0.05) is 0 Å². The summed E-state index contributed by atoms with van der Waals surface area (Å²) in [6.45, 7) is 5.20. The van der Waals surface area contributed by atoms with Crippen molar-refractivity contribution in [3.8, 4) is 5.75 Å². The van der Waals surface area contributed by atoms with Crippen LogP contribution in [-0.2, 0) is 0 Å². The maximum Gasteiger partial charge on any atom is 0.276 e. The lowest BCUT2D eigenvalue weighted by Crippen LogP contribution is -2.43. The number of hydrogen-bond donors (Lipinski definition) is 3. The lowest BCUT2D eigenvalue weighted by molar-refractivity contribution is 0.102. The van der Waals surface area contributed by atoms with Crippen LogP contribution in [0.25, 0.3) is 16.6 Å². The maximum absolute atomic E-state index is 14.9. The zero-order chi connectivity index (χ0) is 21.5. The zero-order valence-corrected chi connectivity index (χ0v) is 17.1. The van der Waals surface area contributed by atoms with Crippen molar-refractivity contribution in [3.05, 3.63) is 42.0 Å². The number of pyridine rings is 2. The molecule has 0 spiro atoms. The van der Waals surface area contributed by atoms with Crippen LogP contribution in [0.2, 0.25) is 0 Å². The van der Waals surface area contributed by atoms with Crippen molar-refractivity contribution in [3.63, 3.8) is 0 Å². The van der Waals surface area contributed by atoms with Gasteiger partial charge in [0.2, 0.25) is 5.82 Å². The molecule has 10 nitrogen and oxygen atoms in total. The molecule has 0 saturated carbocycles. The molecule has 1 aliphatic heterocycles. The number of aryl methyl sites for hydroxylation is 1. The highest BCUT2D eigenvalue weighted by molar-refractivity contribution is 6.12. The van der Waals surface area contributed by atoms with E-state index in [4.69, 9.17) is 4.74 Å². The fraction of sp³-hybridized carbons (Fsp3) is 0.300. The number of fused-ring (bicyclic) bond motifs is 2. The average molecular weight is 424 g/mol. The number of H-pyrrole nitrogens is 1. The Balaban J connectivity index is 1.52. The topological polar surface area (TPSA) is 112 Å². The highest BCUT2D eigenvalue weighted by atomic mass is 19.1. The van der Waals surface area contributed by atoms with Crippen LogP contribution in [-0.4, -0.2) is 63.8 Å². The summed E-state index contributed by atoms with van der Waals surface area (Å²) < 4.78 is 21.6. The summed E-state index contributed by atoms with van der Waals surface area (Å²) >= 11 is 0. The van der Waals surface area contributed by atoms with Gasteiger partial charge in [0.05, 0.1) is 36.4 Å². The summed E-state index contributed by atoms with van der Waals surface area (Å²) in [6.07, 6.45) is 6.60. The monoisotopic (exact) mass is 424 g/mol. The number of ether oxygens (including phenoxy) is 1. The number of nitrogens with zero attached hydrogens (tertiary/aromatic N) is 5. The number of aromatic nitrogens is 5. The minimum atomic E-state index is -0.651. The van der Waals surface area contributed by atoms with Crippen LogP contribution in [0, 0.1) is 12.7 Å². The van der Waals surface area contributed by atoms with Gasteiger partial charge < -0.3 is 24.7 Å². The van der Waals surface area contributed by atoms with Crippen molar-refractivity contribution in [1.82, 2.24) is 29.9 Å². The molecule has 1 saturated heterocycles. The minimum absolute atomic E-state index is 0.0928. The summed E-state index contributed by atoms with van der Waals surface area (Å²) in [4.78, 5) is 23.8. The normalized spacial score (nSPS) is 14.4. The first-order chi connectivity index (χ1) is 15.1. The smallest absolute Gasteiger partial charge is 0.276 e. The summed E-state index contributed by atoms with van der Waals surface area (Å²) in [6, 6.07) is 0. The largest absolute Gasteiger partial charge is 0.491 e. The van der Waals surface area contributed by atoms with E-state index in [0.29, 0.717) is 11.2 Å². The second kappa shape index (κ2) is 7.51. The number of carbonyl (C=O) groups excluding carboxylic acids is 1. The van der Waals surface area contributed by atoms with Crippen LogP contribution in [0.4, 0.5) is 15.8 Å². The number of amides is 1. The number of hydrogen-bond acceptors (Lipinski definition) is 7. The molecule has 3 N–H and O–H groups in total. The molecule has 1 fully saturated rings. The summed E-state index contributed by atoms with van der Waals surface area (Å²) in [7, 11) is 1.34. The van der Waals surface area contributed by atoms with Crippen LogP contribution in [0.15, 0.2) is 24.8 Å². The third kappa shape index (κ3) is 3.22. The Morgan fingerprint density at radius 3 is 2.84 bits per heavy atom. The van der Waals surface area contributed by atoms with Crippen molar-refractivity contribution in [2.45, 2.75) is 6.92 Å². The second-order valence-electron chi connectivity index (χ2n) is 7.35. The SMILES string of the molecule is COc1c(NC(=O)c2ncc(N3CCNCC3)c3cn[nH]c23)cn2cc(C)nc2c1F. The number of aromatic amines is 1. The van der Waals surface area contributed by atoms with Gasteiger partial charge in [-0.2, -0.15) is 9.49 Å². The molecule has 1 amide bonds. The average Bonchev–Trinajstić information content (AvgIpc) is 3.40. The highest BCUT2D eigenvalue weighted by Gasteiger charge is 2.23. The van der Waals surface area contributed by atoms with E-state index < -0.39 is 11.7 Å². The van der Waals surface area contributed by atoms with Gasteiger partial charge in [-0.05, 0) is 6.92 Å². The van der Waals surface area contributed by atoms with Crippen LogP contribution in [0.3, 0.4) is 0 Å². The van der Waals surface area contributed by atoms with Gasteiger partial charge >= 0.3 is 0 Å². The molecule has 0 unspecified atom stereocenters. The quantitative estimate of drug-likeness (QED) is 0.457. The number of nitrogens with one attached hydrogen (secondary N) is 3. The molecule has 4 aromatic rings. The Morgan fingerprint density at radius 1 is 1.26 bits per heavy atom. The van der Waals surface area contributed by atoms with Gasteiger partial charge in [0.1, 0.15) is 5.69 Å². The van der Waals surface area contributed by atoms with Gasteiger partial charge in [0.25, 0.3) is 5.91 Å². The van der Waals surface area contributed by atoms with Crippen LogP contribution >= 0.6 is 0 Å². The van der Waals surface area contributed by atoms with Gasteiger partial charge in [-0.15, -0.1) is 0 Å². The van der Waals surface area contributed by atoms with E-state index in [-0.39, 0.29) is 22.8 Å². The number of carbonyl (C=O) groups is 1. The Kier molecular flexibility index (Phi) is 4.66. The molecule has 0 aliphatic carbocycles. The third-order valence-corrected chi connectivity index (χ3v) is 5.35. The van der Waals surface area contributed by atoms with Crippen LogP contribution in [0.1, 0.15) is 16.2 Å². The number of methoxy groups -OCH3 is 1. The molecule has 0 atom stereocenters. The number of anilines is 2. The first-order valence-corrected chi connectivity index (χ1v) is 9.87. The van der Waals surface area contributed by atoms with Crippen molar-refractivity contribution in [1.29, 1.82) is 0 Å². The molecule has 0 aromatic carbocycles. The zero-order valence-electron chi connectivity index (χ0n) is 17.1. The predicted octanol–water partition coefficient (Wildman–Crippen LogP) is 1.72. The van der Waals surface area contributed by atoms with Gasteiger partial charge in [-0.25, -0.2) is 9.97 Å². The fourth-order valence-electron chi connectivity index (χ4n) is 3.92. The molecule has 1 aliphatic rings. The molecule has 160 valence electrons. The van der Waals surface area contributed by atoms with Gasteiger partial charge in [0.15, 0.2) is 17.1 Å².